The zero-order chi connectivity index (χ0) is 13.2. The number of hydrogen-bond acceptors (Lipinski definition) is 3. The first-order valence-electron chi connectivity index (χ1n) is 6.76. The van der Waals surface area contributed by atoms with Gasteiger partial charge in [-0.05, 0) is 31.9 Å². The summed E-state index contributed by atoms with van der Waals surface area (Å²) in [7, 11) is 0. The summed E-state index contributed by atoms with van der Waals surface area (Å²) in [6.07, 6.45) is 5.01. The van der Waals surface area contributed by atoms with Gasteiger partial charge in [0.1, 0.15) is 5.82 Å². The Morgan fingerprint density at radius 3 is 2.80 bits per heavy atom. The van der Waals surface area contributed by atoms with Gasteiger partial charge in [0, 0.05) is 10.9 Å². The van der Waals surface area contributed by atoms with Crippen LogP contribution in [0.4, 0.5) is 10.2 Å². The fourth-order valence-corrected chi connectivity index (χ4v) is 3.37. The van der Waals surface area contributed by atoms with Gasteiger partial charge in [0.15, 0.2) is 5.13 Å². The highest BCUT2D eigenvalue weighted by atomic mass is 35.5. The van der Waals surface area contributed by atoms with Gasteiger partial charge in [0.05, 0.1) is 18.3 Å². The molecular formula is C14H19ClFN3S. The largest absolute Gasteiger partial charge is 0.365 e. The number of hydrogen-bond donors (Lipinski definition) is 1. The summed E-state index contributed by atoms with van der Waals surface area (Å²) in [5.74, 6) is 1.05. The molecule has 20 heavy (non-hydrogen) atoms. The first-order valence-corrected chi connectivity index (χ1v) is 7.58. The molecule has 0 aliphatic heterocycles. The van der Waals surface area contributed by atoms with Crippen molar-refractivity contribution in [2.75, 3.05) is 5.32 Å². The Kier molecular flexibility index (Phi) is 5.05. The molecule has 2 heterocycles. The molecule has 0 radical (unpaired) electrons. The number of aromatic nitrogens is 2. The third-order valence-corrected chi connectivity index (χ3v) is 4.47. The van der Waals surface area contributed by atoms with E-state index in [-0.39, 0.29) is 17.5 Å². The maximum atomic E-state index is 13.0. The van der Waals surface area contributed by atoms with Crippen molar-refractivity contribution in [3.8, 4) is 0 Å². The van der Waals surface area contributed by atoms with E-state index in [0.29, 0.717) is 12.6 Å². The molecule has 110 valence electrons. The second kappa shape index (κ2) is 6.59. The fraction of sp³-hybridized carbons (Fsp3) is 0.500. The van der Waals surface area contributed by atoms with E-state index >= 15 is 0 Å². The van der Waals surface area contributed by atoms with Crippen molar-refractivity contribution < 1.29 is 4.39 Å². The van der Waals surface area contributed by atoms with Crippen LogP contribution in [0, 0.1) is 12.1 Å². The molecular weight excluding hydrogens is 297 g/mol. The van der Waals surface area contributed by atoms with Gasteiger partial charge in [0.2, 0.25) is 0 Å². The standard InChI is InChI=1S/C14H18FN3S.ClH/c1-10-8-14(16-9-12-6-7-13(15)19-12)18(17-10)11-4-2-3-5-11;/h6-8,11,16H,2-5,9H2,1H3;1H. The van der Waals surface area contributed by atoms with Crippen molar-refractivity contribution in [2.45, 2.75) is 45.2 Å². The van der Waals surface area contributed by atoms with Crippen LogP contribution >= 0.6 is 23.7 Å². The Hall–Kier alpha value is -1.07. The lowest BCUT2D eigenvalue weighted by atomic mass is 10.2. The molecule has 1 aliphatic carbocycles. The van der Waals surface area contributed by atoms with Crippen LogP contribution in [0.25, 0.3) is 0 Å². The number of halogens is 2. The van der Waals surface area contributed by atoms with Crippen LogP contribution in [0.3, 0.4) is 0 Å². The normalized spacial score (nSPS) is 15.3. The van der Waals surface area contributed by atoms with Crippen LogP contribution in [0.1, 0.15) is 42.3 Å². The molecule has 2 aromatic heterocycles. The van der Waals surface area contributed by atoms with Crippen molar-refractivity contribution >= 4 is 29.6 Å². The first kappa shape index (κ1) is 15.3. The van der Waals surface area contributed by atoms with Crippen LogP contribution in [0.5, 0.6) is 0 Å². The van der Waals surface area contributed by atoms with Crippen LogP contribution in [-0.4, -0.2) is 9.78 Å². The molecule has 0 aromatic carbocycles. The van der Waals surface area contributed by atoms with Crippen molar-refractivity contribution in [1.29, 1.82) is 0 Å². The quantitative estimate of drug-likeness (QED) is 0.897. The number of rotatable bonds is 4. The molecule has 3 nitrogen and oxygen atoms in total. The van der Waals surface area contributed by atoms with Crippen molar-refractivity contribution in [2.24, 2.45) is 0 Å². The molecule has 0 atom stereocenters. The molecule has 0 unspecified atom stereocenters. The summed E-state index contributed by atoms with van der Waals surface area (Å²) in [6.45, 7) is 2.67. The topological polar surface area (TPSA) is 29.9 Å². The van der Waals surface area contributed by atoms with Gasteiger partial charge >= 0.3 is 0 Å². The third kappa shape index (κ3) is 3.33. The summed E-state index contributed by atoms with van der Waals surface area (Å²) >= 11 is 1.19. The predicted molar refractivity (Wildman–Crippen MR) is 83.3 cm³/mol. The number of aryl methyl sites for hydroxylation is 1. The summed E-state index contributed by atoms with van der Waals surface area (Å²) in [6, 6.07) is 5.94. The summed E-state index contributed by atoms with van der Waals surface area (Å²) in [5, 5.41) is 7.85. The summed E-state index contributed by atoms with van der Waals surface area (Å²) in [4.78, 5) is 1.01. The molecule has 0 spiro atoms. The highest BCUT2D eigenvalue weighted by molar-refractivity contribution is 7.10. The van der Waals surface area contributed by atoms with Crippen LogP contribution in [0.15, 0.2) is 18.2 Å². The number of nitrogens with one attached hydrogen (secondary N) is 1. The molecule has 0 saturated heterocycles. The zero-order valence-electron chi connectivity index (χ0n) is 11.4. The molecule has 3 rings (SSSR count). The van der Waals surface area contributed by atoms with Crippen LogP contribution in [0.2, 0.25) is 0 Å². The van der Waals surface area contributed by atoms with Crippen LogP contribution in [-0.2, 0) is 6.54 Å². The smallest absolute Gasteiger partial charge is 0.176 e. The molecule has 6 heteroatoms. The average molecular weight is 316 g/mol. The monoisotopic (exact) mass is 315 g/mol. The summed E-state index contributed by atoms with van der Waals surface area (Å²) in [5.41, 5.74) is 1.03. The Morgan fingerprint density at radius 2 is 2.15 bits per heavy atom. The molecule has 0 amide bonds. The average Bonchev–Trinajstić information content (AvgIpc) is 3.07. The predicted octanol–water partition coefficient (Wildman–Crippen LogP) is 4.54. The minimum atomic E-state index is -0.128. The van der Waals surface area contributed by atoms with E-state index in [4.69, 9.17) is 0 Å². The maximum absolute atomic E-state index is 13.0. The van der Waals surface area contributed by atoms with Gasteiger partial charge in [-0.1, -0.05) is 12.8 Å². The van der Waals surface area contributed by atoms with E-state index in [2.05, 4.69) is 21.2 Å². The lowest BCUT2D eigenvalue weighted by Crippen LogP contribution is -2.11. The molecule has 0 bridgehead atoms. The molecule has 1 N–H and O–H groups in total. The van der Waals surface area contributed by atoms with Gasteiger partial charge < -0.3 is 5.32 Å². The number of thiophene rings is 1. The van der Waals surface area contributed by atoms with E-state index in [9.17, 15) is 4.39 Å². The zero-order valence-corrected chi connectivity index (χ0v) is 13.1. The maximum Gasteiger partial charge on any atom is 0.176 e. The first-order chi connectivity index (χ1) is 9.22. The Labute approximate surface area is 128 Å². The Balaban J connectivity index is 0.00000147. The minimum absolute atomic E-state index is 0. The number of anilines is 1. The highest BCUT2D eigenvalue weighted by Crippen LogP contribution is 2.32. The molecule has 1 saturated carbocycles. The van der Waals surface area contributed by atoms with Crippen molar-refractivity contribution in [3.63, 3.8) is 0 Å². The highest BCUT2D eigenvalue weighted by Gasteiger charge is 2.20. The second-order valence-electron chi connectivity index (χ2n) is 5.11. The van der Waals surface area contributed by atoms with Gasteiger partial charge in [-0.25, -0.2) is 4.68 Å². The lowest BCUT2D eigenvalue weighted by molar-refractivity contribution is 0.469. The van der Waals surface area contributed by atoms with Crippen molar-refractivity contribution in [3.05, 3.63) is 33.9 Å². The van der Waals surface area contributed by atoms with E-state index in [1.165, 1.54) is 43.1 Å². The Morgan fingerprint density at radius 1 is 1.40 bits per heavy atom. The van der Waals surface area contributed by atoms with Gasteiger partial charge in [-0.3, -0.25) is 0 Å². The van der Waals surface area contributed by atoms with Crippen LogP contribution < -0.4 is 5.32 Å². The summed E-state index contributed by atoms with van der Waals surface area (Å²) < 4.78 is 15.1. The van der Waals surface area contributed by atoms with Crippen molar-refractivity contribution in [1.82, 2.24) is 9.78 Å². The van der Waals surface area contributed by atoms with E-state index in [1.807, 2.05) is 13.0 Å². The molecule has 1 aliphatic rings. The van der Waals surface area contributed by atoms with Gasteiger partial charge in [-0.2, -0.15) is 9.49 Å². The fourth-order valence-electron chi connectivity index (χ4n) is 2.70. The van der Waals surface area contributed by atoms with E-state index in [0.717, 1.165) is 16.4 Å². The molecule has 2 aromatic rings. The van der Waals surface area contributed by atoms with Gasteiger partial charge in [-0.15, -0.1) is 23.7 Å². The third-order valence-electron chi connectivity index (χ3n) is 3.60. The minimum Gasteiger partial charge on any atom is -0.365 e. The molecule has 1 fully saturated rings. The van der Waals surface area contributed by atoms with Gasteiger partial charge in [0.25, 0.3) is 0 Å². The van der Waals surface area contributed by atoms with E-state index in [1.54, 1.807) is 0 Å². The van der Waals surface area contributed by atoms with E-state index < -0.39 is 0 Å². The Bertz CT molecular complexity index is 561. The second-order valence-corrected chi connectivity index (χ2v) is 6.23. The lowest BCUT2D eigenvalue weighted by Gasteiger charge is -2.14. The number of nitrogens with zero attached hydrogens (tertiary/aromatic N) is 2. The SMILES string of the molecule is Cc1cc(NCc2ccc(F)s2)n(C2CCCC2)n1.Cl.